The van der Waals surface area contributed by atoms with Crippen LogP contribution in [0.2, 0.25) is 0 Å². The third-order valence-electron chi connectivity index (χ3n) is 0.993. The molecule has 4 heteroatoms. The SMILES string of the molecule is Cc1ncc(C(=N)N)[nH]1. The molecule has 4 nitrogen and oxygen atoms in total. The van der Waals surface area contributed by atoms with Crippen molar-refractivity contribution < 1.29 is 0 Å². The van der Waals surface area contributed by atoms with Crippen molar-refractivity contribution in [2.45, 2.75) is 6.92 Å². The van der Waals surface area contributed by atoms with Crippen LogP contribution in [0.15, 0.2) is 6.20 Å². The number of hydrogen-bond donors (Lipinski definition) is 3. The Morgan fingerprint density at radius 2 is 2.56 bits per heavy atom. The first-order chi connectivity index (χ1) is 4.20. The second-order valence-electron chi connectivity index (χ2n) is 1.80. The molecule has 9 heavy (non-hydrogen) atoms. The second-order valence-corrected chi connectivity index (χ2v) is 1.80. The number of aromatic nitrogens is 2. The summed E-state index contributed by atoms with van der Waals surface area (Å²) in [6, 6.07) is 0. The average Bonchev–Trinajstić information content (AvgIpc) is 2.14. The highest BCUT2D eigenvalue weighted by atomic mass is 14.9. The highest BCUT2D eigenvalue weighted by Gasteiger charge is 1.96. The van der Waals surface area contributed by atoms with Crippen molar-refractivity contribution in [3.05, 3.63) is 17.7 Å². The predicted molar refractivity (Wildman–Crippen MR) is 34.3 cm³/mol. The second kappa shape index (κ2) is 1.89. The Hall–Kier alpha value is -1.32. The van der Waals surface area contributed by atoms with E-state index < -0.39 is 0 Å². The molecular formula is C5H8N4. The zero-order valence-corrected chi connectivity index (χ0v) is 5.10. The molecule has 0 aliphatic heterocycles. The highest BCUT2D eigenvalue weighted by molar-refractivity contribution is 5.92. The lowest BCUT2D eigenvalue weighted by Gasteiger charge is -1.86. The van der Waals surface area contributed by atoms with Crippen LogP contribution >= 0.6 is 0 Å². The normalized spacial score (nSPS) is 9.44. The zero-order chi connectivity index (χ0) is 6.85. The van der Waals surface area contributed by atoms with Gasteiger partial charge in [-0.2, -0.15) is 0 Å². The fraction of sp³-hybridized carbons (Fsp3) is 0.200. The molecule has 0 radical (unpaired) electrons. The minimum atomic E-state index is 0.0237. The van der Waals surface area contributed by atoms with Gasteiger partial charge < -0.3 is 10.7 Å². The van der Waals surface area contributed by atoms with E-state index in [0.29, 0.717) is 5.69 Å². The van der Waals surface area contributed by atoms with Crippen molar-refractivity contribution in [3.63, 3.8) is 0 Å². The van der Waals surface area contributed by atoms with E-state index in [1.54, 1.807) is 0 Å². The molecule has 0 aromatic carbocycles. The van der Waals surface area contributed by atoms with E-state index in [0.717, 1.165) is 5.82 Å². The number of H-pyrrole nitrogens is 1. The van der Waals surface area contributed by atoms with Crippen LogP contribution in [0.3, 0.4) is 0 Å². The van der Waals surface area contributed by atoms with E-state index in [2.05, 4.69) is 9.97 Å². The molecule has 1 aromatic rings. The van der Waals surface area contributed by atoms with Crippen LogP contribution in [0.25, 0.3) is 0 Å². The van der Waals surface area contributed by atoms with Crippen molar-refractivity contribution >= 4 is 5.84 Å². The summed E-state index contributed by atoms with van der Waals surface area (Å²) in [4.78, 5) is 6.68. The van der Waals surface area contributed by atoms with Gasteiger partial charge in [0.1, 0.15) is 17.4 Å². The van der Waals surface area contributed by atoms with Crippen molar-refractivity contribution in [2.75, 3.05) is 0 Å². The molecular weight excluding hydrogens is 116 g/mol. The molecule has 0 saturated carbocycles. The van der Waals surface area contributed by atoms with Crippen molar-refractivity contribution in [1.82, 2.24) is 9.97 Å². The molecule has 4 N–H and O–H groups in total. The molecule has 1 rings (SSSR count). The molecule has 0 fully saturated rings. The molecule has 0 saturated heterocycles. The number of aryl methyl sites for hydroxylation is 1. The van der Waals surface area contributed by atoms with Gasteiger partial charge in [-0.05, 0) is 6.92 Å². The maximum Gasteiger partial charge on any atom is 0.141 e. The molecule has 0 amide bonds. The van der Waals surface area contributed by atoms with Crippen LogP contribution in [0.1, 0.15) is 11.5 Å². The van der Waals surface area contributed by atoms with Crippen LogP contribution in [-0.4, -0.2) is 15.8 Å². The lowest BCUT2D eigenvalue weighted by molar-refractivity contribution is 1.14. The fourth-order valence-corrected chi connectivity index (χ4v) is 0.558. The van der Waals surface area contributed by atoms with E-state index in [4.69, 9.17) is 11.1 Å². The zero-order valence-electron chi connectivity index (χ0n) is 5.10. The first-order valence-electron chi connectivity index (χ1n) is 2.56. The van der Waals surface area contributed by atoms with Crippen LogP contribution in [0.5, 0.6) is 0 Å². The Kier molecular flexibility index (Phi) is 1.22. The van der Waals surface area contributed by atoms with Gasteiger partial charge in [-0.25, -0.2) is 4.98 Å². The number of nitrogens with two attached hydrogens (primary N) is 1. The molecule has 0 unspecified atom stereocenters. The van der Waals surface area contributed by atoms with E-state index in [9.17, 15) is 0 Å². The summed E-state index contributed by atoms with van der Waals surface area (Å²) in [7, 11) is 0. The molecule has 1 aromatic heterocycles. The highest BCUT2D eigenvalue weighted by Crippen LogP contribution is 1.91. The minimum absolute atomic E-state index is 0.0237. The summed E-state index contributed by atoms with van der Waals surface area (Å²) in [5, 5.41) is 6.96. The number of aromatic amines is 1. The van der Waals surface area contributed by atoms with Crippen molar-refractivity contribution in [1.29, 1.82) is 5.41 Å². The van der Waals surface area contributed by atoms with Gasteiger partial charge in [0.25, 0.3) is 0 Å². The van der Waals surface area contributed by atoms with Crippen LogP contribution in [0, 0.1) is 12.3 Å². The largest absolute Gasteiger partial charge is 0.382 e. The summed E-state index contributed by atoms with van der Waals surface area (Å²) in [6.07, 6.45) is 1.54. The Bertz CT molecular complexity index is 225. The number of hydrogen-bond acceptors (Lipinski definition) is 2. The van der Waals surface area contributed by atoms with E-state index >= 15 is 0 Å². The summed E-state index contributed by atoms with van der Waals surface area (Å²) in [6.45, 7) is 1.81. The number of amidine groups is 1. The predicted octanol–water partition coefficient (Wildman–Crippen LogP) is 0.00219. The monoisotopic (exact) mass is 124 g/mol. The van der Waals surface area contributed by atoms with Gasteiger partial charge in [-0.15, -0.1) is 0 Å². The lowest BCUT2D eigenvalue weighted by Crippen LogP contribution is -2.11. The quantitative estimate of drug-likeness (QED) is 0.364. The molecule has 0 aliphatic rings. The third-order valence-corrected chi connectivity index (χ3v) is 0.993. The number of nitrogens with zero attached hydrogens (tertiary/aromatic N) is 1. The van der Waals surface area contributed by atoms with Crippen molar-refractivity contribution in [2.24, 2.45) is 5.73 Å². The van der Waals surface area contributed by atoms with Crippen LogP contribution < -0.4 is 5.73 Å². The molecule has 0 aliphatic carbocycles. The Labute approximate surface area is 52.6 Å². The van der Waals surface area contributed by atoms with E-state index in [-0.39, 0.29) is 5.84 Å². The van der Waals surface area contributed by atoms with Gasteiger partial charge in [0.05, 0.1) is 6.20 Å². The first-order valence-corrected chi connectivity index (χ1v) is 2.56. The van der Waals surface area contributed by atoms with Crippen LogP contribution in [-0.2, 0) is 0 Å². The molecule has 1 heterocycles. The molecule has 48 valence electrons. The Morgan fingerprint density at radius 3 is 2.78 bits per heavy atom. The van der Waals surface area contributed by atoms with Gasteiger partial charge in [-0.3, -0.25) is 5.41 Å². The van der Waals surface area contributed by atoms with Gasteiger partial charge in [0, 0.05) is 0 Å². The summed E-state index contributed by atoms with van der Waals surface area (Å²) in [5.41, 5.74) is 5.72. The molecule has 0 spiro atoms. The number of nitrogen functional groups attached to an aromatic ring is 1. The summed E-state index contributed by atoms with van der Waals surface area (Å²) < 4.78 is 0. The lowest BCUT2D eigenvalue weighted by atomic mass is 10.5. The number of imidazole rings is 1. The maximum atomic E-state index is 6.96. The van der Waals surface area contributed by atoms with Gasteiger partial charge in [0.2, 0.25) is 0 Å². The molecule has 0 bridgehead atoms. The Balaban J connectivity index is 2.98. The fourth-order valence-electron chi connectivity index (χ4n) is 0.558. The first kappa shape index (κ1) is 5.81. The summed E-state index contributed by atoms with van der Waals surface area (Å²) >= 11 is 0. The van der Waals surface area contributed by atoms with Gasteiger partial charge in [-0.1, -0.05) is 0 Å². The van der Waals surface area contributed by atoms with E-state index in [1.807, 2.05) is 6.92 Å². The van der Waals surface area contributed by atoms with Crippen molar-refractivity contribution in [3.8, 4) is 0 Å². The Morgan fingerprint density at radius 1 is 1.89 bits per heavy atom. The third kappa shape index (κ3) is 1.07. The topological polar surface area (TPSA) is 78.6 Å². The molecule has 0 atom stereocenters. The maximum absolute atomic E-state index is 6.96. The van der Waals surface area contributed by atoms with Gasteiger partial charge >= 0.3 is 0 Å². The van der Waals surface area contributed by atoms with Crippen LogP contribution in [0.4, 0.5) is 0 Å². The smallest absolute Gasteiger partial charge is 0.141 e. The van der Waals surface area contributed by atoms with E-state index in [1.165, 1.54) is 6.20 Å². The standard InChI is InChI=1S/C5H8N4/c1-3-8-2-4(9-3)5(6)7/h2H,1H3,(H3,6,7)(H,8,9). The van der Waals surface area contributed by atoms with Gasteiger partial charge in [0.15, 0.2) is 0 Å². The number of nitrogens with one attached hydrogen (secondary N) is 2. The minimum Gasteiger partial charge on any atom is -0.382 e. The number of rotatable bonds is 1. The summed E-state index contributed by atoms with van der Waals surface area (Å²) in [5.74, 6) is 0.802. The average molecular weight is 124 g/mol.